The summed E-state index contributed by atoms with van der Waals surface area (Å²) in [4.78, 5) is 12.4. The van der Waals surface area contributed by atoms with Crippen molar-refractivity contribution in [2.75, 3.05) is 63.9 Å². The van der Waals surface area contributed by atoms with Crippen molar-refractivity contribution in [1.82, 2.24) is 15.1 Å². The Kier molecular flexibility index (Phi) is 6.14. The van der Waals surface area contributed by atoms with Crippen molar-refractivity contribution in [2.45, 2.75) is 31.9 Å². The van der Waals surface area contributed by atoms with Gasteiger partial charge in [-0.3, -0.25) is 9.89 Å². The van der Waals surface area contributed by atoms with Crippen LogP contribution in [0.25, 0.3) is 0 Å². The topological polar surface area (TPSA) is 43.3 Å². The molecule has 148 valence electrons. The molecule has 6 heteroatoms. The van der Waals surface area contributed by atoms with Crippen LogP contribution in [0.3, 0.4) is 0 Å². The standard InChI is InChI=1S/C21H33N5O/c1-2-22-21(23-15-20-16-26-10-6-9-19(26)17-27-20)25-13-11-24(12-14-25)18-7-4-3-5-8-18/h3-5,7-8,19-20H,2,6,9-17H2,1H3,(H,22,23). The van der Waals surface area contributed by atoms with Crippen molar-refractivity contribution in [2.24, 2.45) is 4.99 Å². The lowest BCUT2D eigenvalue weighted by atomic mass is 10.2. The van der Waals surface area contributed by atoms with Crippen LogP contribution < -0.4 is 10.2 Å². The Balaban J connectivity index is 1.32. The molecule has 6 nitrogen and oxygen atoms in total. The summed E-state index contributed by atoms with van der Waals surface area (Å²) >= 11 is 0. The van der Waals surface area contributed by atoms with Gasteiger partial charge in [0.25, 0.3) is 0 Å². The Labute approximate surface area is 163 Å². The van der Waals surface area contributed by atoms with Gasteiger partial charge in [-0.25, -0.2) is 0 Å². The highest BCUT2D eigenvalue weighted by Gasteiger charge is 2.32. The van der Waals surface area contributed by atoms with Gasteiger partial charge in [0.15, 0.2) is 5.96 Å². The second-order valence-electron chi connectivity index (χ2n) is 7.75. The van der Waals surface area contributed by atoms with E-state index in [1.165, 1.54) is 25.1 Å². The highest BCUT2D eigenvalue weighted by atomic mass is 16.5. The molecular weight excluding hydrogens is 338 g/mol. The van der Waals surface area contributed by atoms with E-state index in [0.717, 1.165) is 58.4 Å². The van der Waals surface area contributed by atoms with Crippen LogP contribution in [0.4, 0.5) is 5.69 Å². The largest absolute Gasteiger partial charge is 0.373 e. The van der Waals surface area contributed by atoms with Crippen LogP contribution in [-0.2, 0) is 4.74 Å². The quantitative estimate of drug-likeness (QED) is 0.644. The Hall–Kier alpha value is -1.79. The van der Waals surface area contributed by atoms with E-state index in [9.17, 15) is 0 Å². The van der Waals surface area contributed by atoms with E-state index in [1.54, 1.807) is 0 Å². The van der Waals surface area contributed by atoms with E-state index in [1.807, 2.05) is 0 Å². The summed E-state index contributed by atoms with van der Waals surface area (Å²) in [5, 5.41) is 3.48. The number of rotatable bonds is 4. The molecule has 3 heterocycles. The molecular formula is C21H33N5O. The second kappa shape index (κ2) is 8.93. The maximum atomic E-state index is 6.08. The third-order valence-electron chi connectivity index (χ3n) is 5.94. The second-order valence-corrected chi connectivity index (χ2v) is 7.75. The number of benzene rings is 1. The van der Waals surface area contributed by atoms with Gasteiger partial charge in [-0.1, -0.05) is 18.2 Å². The van der Waals surface area contributed by atoms with Crippen molar-refractivity contribution >= 4 is 11.6 Å². The molecule has 0 radical (unpaired) electrons. The zero-order valence-corrected chi connectivity index (χ0v) is 16.5. The number of nitrogens with one attached hydrogen (secondary N) is 1. The fourth-order valence-electron chi connectivity index (χ4n) is 4.43. The van der Waals surface area contributed by atoms with Gasteiger partial charge in [-0.15, -0.1) is 0 Å². The number of fused-ring (bicyclic) bond motifs is 1. The molecule has 0 amide bonds. The summed E-state index contributed by atoms with van der Waals surface area (Å²) in [6.45, 7) is 11.0. The van der Waals surface area contributed by atoms with Gasteiger partial charge >= 0.3 is 0 Å². The molecule has 2 atom stereocenters. The minimum atomic E-state index is 0.235. The summed E-state index contributed by atoms with van der Waals surface area (Å²) in [6.07, 6.45) is 2.85. The maximum Gasteiger partial charge on any atom is 0.194 e. The molecule has 2 unspecified atom stereocenters. The zero-order valence-electron chi connectivity index (χ0n) is 16.5. The lowest BCUT2D eigenvalue weighted by molar-refractivity contribution is -0.0432. The fourth-order valence-corrected chi connectivity index (χ4v) is 4.43. The highest BCUT2D eigenvalue weighted by Crippen LogP contribution is 2.22. The van der Waals surface area contributed by atoms with Gasteiger partial charge in [-0.05, 0) is 38.4 Å². The third kappa shape index (κ3) is 4.55. The summed E-state index contributed by atoms with van der Waals surface area (Å²) in [5.74, 6) is 1.04. The van der Waals surface area contributed by atoms with Crippen LogP contribution in [0, 0.1) is 0 Å². The maximum absolute atomic E-state index is 6.08. The molecule has 1 N–H and O–H groups in total. The van der Waals surface area contributed by atoms with Crippen molar-refractivity contribution in [3.63, 3.8) is 0 Å². The van der Waals surface area contributed by atoms with E-state index >= 15 is 0 Å². The molecule has 4 rings (SSSR count). The lowest BCUT2D eigenvalue weighted by Gasteiger charge is -2.38. The van der Waals surface area contributed by atoms with Crippen molar-refractivity contribution in [3.8, 4) is 0 Å². The summed E-state index contributed by atoms with van der Waals surface area (Å²) in [7, 11) is 0. The SMILES string of the molecule is CCNC(=NCC1CN2CCCC2CO1)N1CCN(c2ccccc2)CC1. The molecule has 0 saturated carbocycles. The minimum Gasteiger partial charge on any atom is -0.373 e. The molecule has 3 aliphatic heterocycles. The first-order valence-electron chi connectivity index (χ1n) is 10.5. The Bertz CT molecular complexity index is 614. The summed E-state index contributed by atoms with van der Waals surface area (Å²) < 4.78 is 6.08. The third-order valence-corrected chi connectivity index (χ3v) is 5.94. The first-order chi connectivity index (χ1) is 13.3. The first-order valence-corrected chi connectivity index (χ1v) is 10.5. The fraction of sp³-hybridized carbons (Fsp3) is 0.667. The number of piperazine rings is 1. The Morgan fingerprint density at radius 2 is 1.96 bits per heavy atom. The van der Waals surface area contributed by atoms with E-state index < -0.39 is 0 Å². The Morgan fingerprint density at radius 3 is 2.74 bits per heavy atom. The van der Waals surface area contributed by atoms with Gasteiger partial charge < -0.3 is 19.9 Å². The lowest BCUT2D eigenvalue weighted by Crippen LogP contribution is -2.53. The van der Waals surface area contributed by atoms with Gasteiger partial charge in [0.05, 0.1) is 19.3 Å². The molecule has 0 aromatic heterocycles. The zero-order chi connectivity index (χ0) is 18.5. The van der Waals surface area contributed by atoms with Crippen molar-refractivity contribution < 1.29 is 4.74 Å². The van der Waals surface area contributed by atoms with Crippen LogP contribution in [0.2, 0.25) is 0 Å². The number of para-hydroxylation sites is 1. The molecule has 0 spiro atoms. The smallest absolute Gasteiger partial charge is 0.194 e. The number of anilines is 1. The Morgan fingerprint density at radius 1 is 1.15 bits per heavy atom. The van der Waals surface area contributed by atoms with Crippen LogP contribution in [0.1, 0.15) is 19.8 Å². The summed E-state index contributed by atoms with van der Waals surface area (Å²) in [6, 6.07) is 11.4. The first kappa shape index (κ1) is 18.6. The van der Waals surface area contributed by atoms with Gasteiger partial charge in [-0.2, -0.15) is 0 Å². The van der Waals surface area contributed by atoms with Crippen LogP contribution in [0.15, 0.2) is 35.3 Å². The average molecular weight is 372 g/mol. The molecule has 1 aromatic carbocycles. The van der Waals surface area contributed by atoms with Crippen LogP contribution in [-0.4, -0.2) is 86.9 Å². The van der Waals surface area contributed by atoms with Gasteiger partial charge in [0.1, 0.15) is 0 Å². The van der Waals surface area contributed by atoms with Crippen LogP contribution >= 0.6 is 0 Å². The van der Waals surface area contributed by atoms with E-state index in [-0.39, 0.29) is 6.10 Å². The number of ether oxygens (including phenoxy) is 1. The minimum absolute atomic E-state index is 0.235. The molecule has 0 bridgehead atoms. The normalized spacial score (nSPS) is 26.9. The van der Waals surface area contributed by atoms with Crippen molar-refractivity contribution in [3.05, 3.63) is 30.3 Å². The monoisotopic (exact) mass is 371 g/mol. The predicted molar refractivity (Wildman–Crippen MR) is 111 cm³/mol. The number of aliphatic imine (C=N–C) groups is 1. The molecule has 27 heavy (non-hydrogen) atoms. The average Bonchev–Trinajstić information content (AvgIpc) is 3.20. The van der Waals surface area contributed by atoms with Gasteiger partial charge in [0, 0.05) is 51.0 Å². The van der Waals surface area contributed by atoms with Crippen molar-refractivity contribution in [1.29, 1.82) is 0 Å². The van der Waals surface area contributed by atoms with Gasteiger partial charge in [0.2, 0.25) is 0 Å². The molecule has 3 fully saturated rings. The van der Waals surface area contributed by atoms with E-state index in [0.29, 0.717) is 6.04 Å². The molecule has 3 aliphatic rings. The van der Waals surface area contributed by atoms with E-state index in [2.05, 4.69) is 57.3 Å². The molecule has 1 aromatic rings. The van der Waals surface area contributed by atoms with Crippen LogP contribution in [0.5, 0.6) is 0 Å². The number of guanidine groups is 1. The molecule has 0 aliphatic carbocycles. The number of nitrogens with zero attached hydrogens (tertiary/aromatic N) is 4. The number of hydrogen-bond acceptors (Lipinski definition) is 4. The number of morpholine rings is 1. The molecule has 3 saturated heterocycles. The number of hydrogen-bond donors (Lipinski definition) is 1. The highest BCUT2D eigenvalue weighted by molar-refractivity contribution is 5.80. The van der Waals surface area contributed by atoms with E-state index in [4.69, 9.17) is 9.73 Å². The predicted octanol–water partition coefficient (Wildman–Crippen LogP) is 1.64. The summed E-state index contributed by atoms with van der Waals surface area (Å²) in [5.41, 5.74) is 1.31.